The van der Waals surface area contributed by atoms with Crippen molar-refractivity contribution in [1.82, 2.24) is 10.0 Å². The standard InChI is InChI=1S/C29H29ClFN3O2S/c30-26-18-25(10-11-27(26)31)37(35,36)34-28(17-20-4-5-20)29(12-14-33-15-13-29)24-8-6-22(7-9-24)23-3-1-2-21(16-23)19-32/h1-3,6-11,16,18,20,28,33-34H,4-5,12-15,17H2. The van der Waals surface area contributed by atoms with Crippen LogP contribution >= 0.6 is 11.6 Å². The number of halogens is 2. The summed E-state index contributed by atoms with van der Waals surface area (Å²) in [5.74, 6) is -0.158. The lowest BCUT2D eigenvalue weighted by Crippen LogP contribution is -2.55. The van der Waals surface area contributed by atoms with E-state index in [2.05, 4.69) is 40.4 Å². The van der Waals surface area contributed by atoms with Crippen LogP contribution in [0.5, 0.6) is 0 Å². The summed E-state index contributed by atoms with van der Waals surface area (Å²) in [5, 5.41) is 12.5. The Labute approximate surface area is 222 Å². The third-order valence-electron chi connectivity index (χ3n) is 7.71. The minimum Gasteiger partial charge on any atom is -0.317 e. The van der Waals surface area contributed by atoms with Crippen LogP contribution in [0.2, 0.25) is 5.02 Å². The highest BCUT2D eigenvalue weighted by molar-refractivity contribution is 7.89. The molecule has 1 aliphatic carbocycles. The van der Waals surface area contributed by atoms with Gasteiger partial charge in [-0.3, -0.25) is 0 Å². The van der Waals surface area contributed by atoms with Gasteiger partial charge in [-0.15, -0.1) is 0 Å². The van der Waals surface area contributed by atoms with Crippen molar-refractivity contribution >= 4 is 21.6 Å². The smallest absolute Gasteiger partial charge is 0.240 e. The number of hydrogen-bond acceptors (Lipinski definition) is 4. The molecular formula is C29H29ClFN3O2S. The molecule has 8 heteroatoms. The normalized spacial score (nSPS) is 18.2. The Hall–Kier alpha value is -2.76. The summed E-state index contributed by atoms with van der Waals surface area (Å²) in [4.78, 5) is -0.0310. The number of hydrogen-bond donors (Lipinski definition) is 2. The Morgan fingerprint density at radius 2 is 1.78 bits per heavy atom. The molecule has 3 aromatic carbocycles. The summed E-state index contributed by atoms with van der Waals surface area (Å²) < 4.78 is 43.7. The van der Waals surface area contributed by atoms with Crippen LogP contribution < -0.4 is 10.0 Å². The molecule has 2 aliphatic rings. The van der Waals surface area contributed by atoms with Gasteiger partial charge in [-0.1, -0.05) is 60.8 Å². The molecule has 0 radical (unpaired) electrons. The van der Waals surface area contributed by atoms with Gasteiger partial charge in [0, 0.05) is 11.5 Å². The molecule has 1 aliphatic heterocycles. The number of piperidine rings is 1. The van der Waals surface area contributed by atoms with E-state index < -0.39 is 21.3 Å². The Morgan fingerprint density at radius 3 is 2.43 bits per heavy atom. The second kappa shape index (κ2) is 10.5. The van der Waals surface area contributed by atoms with Crippen molar-refractivity contribution < 1.29 is 12.8 Å². The highest BCUT2D eigenvalue weighted by atomic mass is 35.5. The molecule has 5 nitrogen and oxygen atoms in total. The van der Waals surface area contributed by atoms with Gasteiger partial charge in [-0.25, -0.2) is 17.5 Å². The van der Waals surface area contributed by atoms with E-state index in [0.717, 1.165) is 68.0 Å². The average molecular weight is 538 g/mol. The Kier molecular flexibility index (Phi) is 7.37. The number of sulfonamides is 1. The molecule has 1 saturated heterocycles. The van der Waals surface area contributed by atoms with Crippen molar-refractivity contribution in [3.8, 4) is 17.2 Å². The third-order valence-corrected chi connectivity index (χ3v) is 9.47. The van der Waals surface area contributed by atoms with Gasteiger partial charge in [0.25, 0.3) is 0 Å². The summed E-state index contributed by atoms with van der Waals surface area (Å²) in [5.41, 5.74) is 3.28. The van der Waals surface area contributed by atoms with Gasteiger partial charge in [0.2, 0.25) is 10.0 Å². The highest BCUT2D eigenvalue weighted by Crippen LogP contribution is 2.44. The molecule has 0 spiro atoms. The molecule has 37 heavy (non-hydrogen) atoms. The van der Waals surface area contributed by atoms with Crippen molar-refractivity contribution in [2.75, 3.05) is 13.1 Å². The maximum atomic E-state index is 13.7. The highest BCUT2D eigenvalue weighted by Gasteiger charge is 2.45. The van der Waals surface area contributed by atoms with Crippen LogP contribution in [0.15, 0.2) is 71.6 Å². The van der Waals surface area contributed by atoms with E-state index in [1.165, 1.54) is 12.1 Å². The topological polar surface area (TPSA) is 82.0 Å². The second-order valence-electron chi connectivity index (χ2n) is 10.1. The maximum absolute atomic E-state index is 13.7. The first-order chi connectivity index (χ1) is 17.8. The van der Waals surface area contributed by atoms with Crippen molar-refractivity contribution in [3.63, 3.8) is 0 Å². The Bertz CT molecular complexity index is 1430. The largest absolute Gasteiger partial charge is 0.317 e. The summed E-state index contributed by atoms with van der Waals surface area (Å²) in [6.45, 7) is 1.58. The van der Waals surface area contributed by atoms with Crippen LogP contribution in [0.25, 0.3) is 11.1 Å². The Morgan fingerprint density at radius 1 is 1.05 bits per heavy atom. The summed E-state index contributed by atoms with van der Waals surface area (Å²) >= 11 is 5.91. The Balaban J connectivity index is 1.51. The predicted molar refractivity (Wildman–Crippen MR) is 143 cm³/mol. The van der Waals surface area contributed by atoms with E-state index in [1.54, 1.807) is 6.07 Å². The lowest BCUT2D eigenvalue weighted by Gasteiger charge is -2.45. The fourth-order valence-electron chi connectivity index (χ4n) is 5.45. The third kappa shape index (κ3) is 5.58. The van der Waals surface area contributed by atoms with E-state index in [0.29, 0.717) is 11.5 Å². The van der Waals surface area contributed by atoms with Crippen LogP contribution in [0.4, 0.5) is 4.39 Å². The molecule has 1 unspecified atom stereocenters. The van der Waals surface area contributed by atoms with Gasteiger partial charge in [0.05, 0.1) is 21.6 Å². The van der Waals surface area contributed by atoms with Crippen molar-refractivity contribution in [3.05, 3.63) is 88.7 Å². The maximum Gasteiger partial charge on any atom is 0.240 e. The van der Waals surface area contributed by atoms with Crippen LogP contribution in [-0.2, 0) is 15.4 Å². The van der Waals surface area contributed by atoms with Crippen molar-refractivity contribution in [2.24, 2.45) is 5.92 Å². The van der Waals surface area contributed by atoms with E-state index >= 15 is 0 Å². The van der Waals surface area contributed by atoms with Gasteiger partial charge in [0.15, 0.2) is 0 Å². The lowest BCUT2D eigenvalue weighted by molar-refractivity contribution is 0.227. The number of benzene rings is 3. The first kappa shape index (κ1) is 25.9. The van der Waals surface area contributed by atoms with Crippen LogP contribution in [0, 0.1) is 23.1 Å². The fourth-order valence-corrected chi connectivity index (χ4v) is 7.04. The molecule has 192 valence electrons. The zero-order chi connectivity index (χ0) is 26.0. The number of nitrogens with one attached hydrogen (secondary N) is 2. The number of nitrogens with zero attached hydrogens (tertiary/aromatic N) is 1. The molecule has 1 atom stereocenters. The first-order valence-electron chi connectivity index (χ1n) is 12.6. The quantitative estimate of drug-likeness (QED) is 0.381. The first-order valence-corrected chi connectivity index (χ1v) is 14.5. The van der Waals surface area contributed by atoms with Gasteiger partial charge in [-0.2, -0.15) is 5.26 Å². The predicted octanol–water partition coefficient (Wildman–Crippen LogP) is 5.79. The summed E-state index contributed by atoms with van der Waals surface area (Å²) in [6.07, 6.45) is 4.53. The van der Waals surface area contributed by atoms with Crippen LogP contribution in [0.3, 0.4) is 0 Å². The number of nitriles is 1. The van der Waals surface area contributed by atoms with Crippen LogP contribution in [0.1, 0.15) is 43.2 Å². The molecule has 1 saturated carbocycles. The van der Waals surface area contributed by atoms with E-state index in [9.17, 15) is 18.1 Å². The van der Waals surface area contributed by atoms with Gasteiger partial charge >= 0.3 is 0 Å². The minimum atomic E-state index is -3.92. The van der Waals surface area contributed by atoms with E-state index in [1.807, 2.05) is 18.2 Å². The molecule has 3 aromatic rings. The summed E-state index contributed by atoms with van der Waals surface area (Å²) in [6, 6.07) is 21.2. The molecular weight excluding hydrogens is 509 g/mol. The number of rotatable bonds is 8. The van der Waals surface area contributed by atoms with Gasteiger partial charge in [-0.05, 0) is 85.3 Å². The van der Waals surface area contributed by atoms with Gasteiger partial charge < -0.3 is 5.32 Å². The molecule has 1 heterocycles. The molecule has 2 N–H and O–H groups in total. The molecule has 2 fully saturated rings. The molecule has 0 amide bonds. The molecule has 5 rings (SSSR count). The zero-order valence-corrected chi connectivity index (χ0v) is 22.0. The van der Waals surface area contributed by atoms with Crippen LogP contribution in [-0.4, -0.2) is 27.5 Å². The van der Waals surface area contributed by atoms with E-state index in [4.69, 9.17) is 11.6 Å². The van der Waals surface area contributed by atoms with E-state index in [-0.39, 0.29) is 16.0 Å². The second-order valence-corrected chi connectivity index (χ2v) is 12.2. The fraction of sp³-hybridized carbons (Fsp3) is 0.345. The minimum absolute atomic E-state index is 0.0310. The summed E-state index contributed by atoms with van der Waals surface area (Å²) in [7, 11) is -3.92. The monoisotopic (exact) mass is 537 g/mol. The van der Waals surface area contributed by atoms with Gasteiger partial charge in [0.1, 0.15) is 5.82 Å². The van der Waals surface area contributed by atoms with Crippen molar-refractivity contribution in [2.45, 2.75) is 48.5 Å². The zero-order valence-electron chi connectivity index (χ0n) is 20.4. The SMILES string of the molecule is N#Cc1cccc(-c2ccc(C3(C(CC4CC4)NS(=O)(=O)c4ccc(F)c(Cl)c4)CCNCC3)cc2)c1. The molecule has 0 bridgehead atoms. The average Bonchev–Trinajstić information content (AvgIpc) is 3.74. The lowest BCUT2D eigenvalue weighted by atomic mass is 9.66. The molecule has 0 aromatic heterocycles. The van der Waals surface area contributed by atoms with Crippen molar-refractivity contribution in [1.29, 1.82) is 5.26 Å².